The molecule has 0 aromatic heterocycles. The summed E-state index contributed by atoms with van der Waals surface area (Å²) in [5.74, 6) is 2.50. The first kappa shape index (κ1) is 8.83. The van der Waals surface area contributed by atoms with Crippen LogP contribution in [0.25, 0.3) is 0 Å². The van der Waals surface area contributed by atoms with Crippen LogP contribution in [0, 0.1) is 17.8 Å². The normalized spacial score (nSPS) is 32.9. The monoisotopic (exact) mass is 152 g/mol. The van der Waals surface area contributed by atoms with Crippen molar-refractivity contribution < 1.29 is 0 Å². The molecule has 1 aliphatic rings. The third-order valence-corrected chi connectivity index (χ3v) is 2.91. The van der Waals surface area contributed by atoms with Crippen molar-refractivity contribution in [1.82, 2.24) is 0 Å². The van der Waals surface area contributed by atoms with E-state index in [1.54, 1.807) is 0 Å². The van der Waals surface area contributed by atoms with E-state index in [2.05, 4.69) is 27.4 Å². The zero-order valence-electron chi connectivity index (χ0n) is 8.06. The quantitative estimate of drug-likeness (QED) is 0.503. The van der Waals surface area contributed by atoms with Gasteiger partial charge in [0.1, 0.15) is 0 Å². The minimum absolute atomic E-state index is 0.801. The van der Waals surface area contributed by atoms with Crippen molar-refractivity contribution in [2.45, 2.75) is 40.0 Å². The van der Waals surface area contributed by atoms with Crippen LogP contribution in [0.2, 0.25) is 0 Å². The molecule has 0 heteroatoms. The molecule has 0 nitrogen and oxygen atoms in total. The average Bonchev–Trinajstić information content (AvgIpc) is 1.85. The highest BCUT2D eigenvalue weighted by atomic mass is 14.3. The Morgan fingerprint density at radius 3 is 2.45 bits per heavy atom. The van der Waals surface area contributed by atoms with Crippen LogP contribution in [-0.4, -0.2) is 0 Å². The summed E-state index contributed by atoms with van der Waals surface area (Å²) in [6.45, 7) is 11.1. The molecule has 0 unspecified atom stereocenters. The van der Waals surface area contributed by atoms with E-state index in [-0.39, 0.29) is 0 Å². The van der Waals surface area contributed by atoms with Crippen LogP contribution in [0.4, 0.5) is 0 Å². The first-order valence-electron chi connectivity index (χ1n) is 4.79. The highest BCUT2D eigenvalue weighted by Gasteiger charge is 2.23. The van der Waals surface area contributed by atoms with Crippen molar-refractivity contribution in [3.63, 3.8) is 0 Å². The molecular formula is C11H20. The van der Waals surface area contributed by atoms with Gasteiger partial charge in [0.15, 0.2) is 0 Å². The van der Waals surface area contributed by atoms with Gasteiger partial charge in [-0.25, -0.2) is 0 Å². The molecule has 0 aliphatic heterocycles. The Balaban J connectivity index is 2.51. The molecule has 0 saturated heterocycles. The lowest BCUT2D eigenvalue weighted by atomic mass is 9.75. The molecule has 1 rings (SSSR count). The Hall–Kier alpha value is -0.260. The van der Waals surface area contributed by atoms with E-state index in [9.17, 15) is 0 Å². The molecule has 2 atom stereocenters. The largest absolute Gasteiger partial charge is 0.0996 e. The molecule has 0 bridgehead atoms. The van der Waals surface area contributed by atoms with E-state index >= 15 is 0 Å². The van der Waals surface area contributed by atoms with Crippen LogP contribution in [0.5, 0.6) is 0 Å². The maximum Gasteiger partial charge on any atom is -0.0183 e. The number of rotatable bonds is 1. The standard InChI is InChI=1S/C11H20/c1-8(2)11-6-5-9(3)7-10(11)4/h8-9,11H,4-7H2,1-3H3/t9-,11-/m0/s1. The first-order chi connectivity index (χ1) is 5.11. The van der Waals surface area contributed by atoms with Crippen molar-refractivity contribution in [3.8, 4) is 0 Å². The molecule has 1 aliphatic carbocycles. The van der Waals surface area contributed by atoms with Crippen LogP contribution in [0.3, 0.4) is 0 Å². The van der Waals surface area contributed by atoms with Gasteiger partial charge >= 0.3 is 0 Å². The van der Waals surface area contributed by atoms with Crippen molar-refractivity contribution in [3.05, 3.63) is 12.2 Å². The van der Waals surface area contributed by atoms with Gasteiger partial charge in [-0.2, -0.15) is 0 Å². The lowest BCUT2D eigenvalue weighted by Crippen LogP contribution is -2.19. The van der Waals surface area contributed by atoms with Crippen molar-refractivity contribution >= 4 is 0 Å². The lowest BCUT2D eigenvalue weighted by Gasteiger charge is -2.31. The fraction of sp³-hybridized carbons (Fsp3) is 0.818. The van der Waals surface area contributed by atoms with Gasteiger partial charge in [-0.05, 0) is 37.0 Å². The molecule has 1 fully saturated rings. The molecule has 0 N–H and O–H groups in total. The molecule has 0 amide bonds. The van der Waals surface area contributed by atoms with Gasteiger partial charge in [-0.3, -0.25) is 0 Å². The summed E-state index contributed by atoms with van der Waals surface area (Å²) < 4.78 is 0. The summed E-state index contributed by atoms with van der Waals surface area (Å²) in [5.41, 5.74) is 1.50. The summed E-state index contributed by atoms with van der Waals surface area (Å²) in [7, 11) is 0. The van der Waals surface area contributed by atoms with Gasteiger partial charge in [0, 0.05) is 0 Å². The van der Waals surface area contributed by atoms with E-state index < -0.39 is 0 Å². The summed E-state index contributed by atoms with van der Waals surface area (Å²) in [6, 6.07) is 0. The Labute approximate surface area is 70.7 Å². The number of hydrogen-bond acceptors (Lipinski definition) is 0. The molecular weight excluding hydrogens is 132 g/mol. The second kappa shape index (κ2) is 3.42. The molecule has 0 heterocycles. The highest BCUT2D eigenvalue weighted by Crippen LogP contribution is 2.36. The number of allylic oxidation sites excluding steroid dienone is 1. The number of hydrogen-bond donors (Lipinski definition) is 0. The van der Waals surface area contributed by atoms with Crippen molar-refractivity contribution in [2.24, 2.45) is 17.8 Å². The third-order valence-electron chi connectivity index (χ3n) is 2.91. The fourth-order valence-electron chi connectivity index (χ4n) is 2.17. The fourth-order valence-corrected chi connectivity index (χ4v) is 2.17. The van der Waals surface area contributed by atoms with Crippen LogP contribution < -0.4 is 0 Å². The minimum Gasteiger partial charge on any atom is -0.0996 e. The molecule has 0 radical (unpaired) electrons. The van der Waals surface area contributed by atoms with Gasteiger partial charge in [0.05, 0.1) is 0 Å². The second-order valence-electron chi connectivity index (χ2n) is 4.40. The lowest BCUT2D eigenvalue weighted by molar-refractivity contribution is 0.309. The Bertz CT molecular complexity index is 144. The van der Waals surface area contributed by atoms with Crippen LogP contribution in [0.1, 0.15) is 40.0 Å². The van der Waals surface area contributed by atoms with E-state index in [1.165, 1.54) is 24.8 Å². The predicted octanol–water partition coefficient (Wildman–Crippen LogP) is 3.63. The van der Waals surface area contributed by atoms with E-state index in [4.69, 9.17) is 0 Å². The predicted molar refractivity (Wildman–Crippen MR) is 50.5 cm³/mol. The van der Waals surface area contributed by atoms with Gasteiger partial charge < -0.3 is 0 Å². The van der Waals surface area contributed by atoms with Crippen LogP contribution in [-0.2, 0) is 0 Å². The smallest absolute Gasteiger partial charge is 0.0183 e. The zero-order valence-corrected chi connectivity index (χ0v) is 8.06. The van der Waals surface area contributed by atoms with Gasteiger partial charge in [0.25, 0.3) is 0 Å². The summed E-state index contributed by atoms with van der Waals surface area (Å²) in [6.07, 6.45) is 4.04. The zero-order chi connectivity index (χ0) is 8.43. The maximum atomic E-state index is 4.17. The third kappa shape index (κ3) is 2.08. The molecule has 64 valence electrons. The summed E-state index contributed by atoms with van der Waals surface area (Å²) in [5, 5.41) is 0. The average molecular weight is 152 g/mol. The Morgan fingerprint density at radius 1 is 1.36 bits per heavy atom. The molecule has 0 aromatic carbocycles. The van der Waals surface area contributed by atoms with Crippen molar-refractivity contribution in [2.75, 3.05) is 0 Å². The summed E-state index contributed by atoms with van der Waals surface area (Å²) >= 11 is 0. The molecule has 0 spiro atoms. The molecule has 0 aromatic rings. The van der Waals surface area contributed by atoms with Gasteiger partial charge in [0.2, 0.25) is 0 Å². The minimum atomic E-state index is 0.801. The van der Waals surface area contributed by atoms with Gasteiger partial charge in [-0.1, -0.05) is 32.9 Å². The van der Waals surface area contributed by atoms with E-state index in [1.807, 2.05) is 0 Å². The molecule has 11 heavy (non-hydrogen) atoms. The van der Waals surface area contributed by atoms with Crippen LogP contribution >= 0.6 is 0 Å². The van der Waals surface area contributed by atoms with E-state index in [0.717, 1.165) is 17.8 Å². The molecule has 1 saturated carbocycles. The highest BCUT2D eigenvalue weighted by molar-refractivity contribution is 5.05. The topological polar surface area (TPSA) is 0 Å². The van der Waals surface area contributed by atoms with Crippen LogP contribution in [0.15, 0.2) is 12.2 Å². The summed E-state index contributed by atoms with van der Waals surface area (Å²) in [4.78, 5) is 0. The second-order valence-corrected chi connectivity index (χ2v) is 4.40. The Morgan fingerprint density at radius 2 is 2.00 bits per heavy atom. The van der Waals surface area contributed by atoms with E-state index in [0.29, 0.717) is 0 Å². The van der Waals surface area contributed by atoms with Crippen molar-refractivity contribution in [1.29, 1.82) is 0 Å². The Kier molecular flexibility index (Phi) is 2.75. The first-order valence-corrected chi connectivity index (χ1v) is 4.79. The SMILES string of the molecule is C=C1C[C@@H](C)CC[C@H]1C(C)C. The maximum absolute atomic E-state index is 4.17. The van der Waals surface area contributed by atoms with Gasteiger partial charge in [-0.15, -0.1) is 0 Å².